The highest BCUT2D eigenvalue weighted by molar-refractivity contribution is 5.30. The number of fused-ring (bicyclic) bond motifs is 1. The van der Waals surface area contributed by atoms with E-state index in [1.54, 1.807) is 0 Å². The van der Waals surface area contributed by atoms with Crippen molar-refractivity contribution in [2.45, 2.75) is 12.8 Å². The molecule has 2 atom stereocenters. The molecule has 0 saturated carbocycles. The van der Waals surface area contributed by atoms with E-state index in [1.165, 1.54) is 11.1 Å². The molecule has 0 bridgehead atoms. The van der Waals surface area contributed by atoms with E-state index in [9.17, 15) is 10.2 Å². The molecular formula is C12H16O2. The highest BCUT2D eigenvalue weighted by Crippen LogP contribution is 2.29. The minimum absolute atomic E-state index is 0.180. The maximum absolute atomic E-state index is 9.21. The van der Waals surface area contributed by atoms with Crippen molar-refractivity contribution >= 4 is 0 Å². The van der Waals surface area contributed by atoms with E-state index in [2.05, 4.69) is 12.1 Å². The summed E-state index contributed by atoms with van der Waals surface area (Å²) < 4.78 is 0. The predicted molar refractivity (Wildman–Crippen MR) is 55.0 cm³/mol. The van der Waals surface area contributed by atoms with Gasteiger partial charge in [-0.2, -0.15) is 0 Å². The van der Waals surface area contributed by atoms with Gasteiger partial charge in [-0.15, -0.1) is 0 Å². The number of hydrogen-bond acceptors (Lipinski definition) is 2. The van der Waals surface area contributed by atoms with Gasteiger partial charge in [-0.25, -0.2) is 0 Å². The molecule has 2 heteroatoms. The molecule has 0 radical (unpaired) electrons. The molecule has 2 nitrogen and oxygen atoms in total. The van der Waals surface area contributed by atoms with Crippen LogP contribution in [0.2, 0.25) is 0 Å². The Hall–Kier alpha value is -0.860. The number of hydrogen-bond donors (Lipinski definition) is 2. The second-order valence-corrected chi connectivity index (χ2v) is 4.06. The Morgan fingerprint density at radius 1 is 0.929 bits per heavy atom. The van der Waals surface area contributed by atoms with E-state index >= 15 is 0 Å². The summed E-state index contributed by atoms with van der Waals surface area (Å²) in [4.78, 5) is 0. The first-order valence-corrected chi connectivity index (χ1v) is 5.13. The Kier molecular flexibility index (Phi) is 2.85. The van der Waals surface area contributed by atoms with Gasteiger partial charge >= 0.3 is 0 Å². The largest absolute Gasteiger partial charge is 0.396 e. The van der Waals surface area contributed by atoms with Gasteiger partial charge in [0, 0.05) is 13.2 Å². The van der Waals surface area contributed by atoms with Crippen molar-refractivity contribution in [2.75, 3.05) is 13.2 Å². The van der Waals surface area contributed by atoms with E-state index in [-0.39, 0.29) is 25.0 Å². The predicted octanol–water partition coefficient (Wildman–Crippen LogP) is 1.00. The van der Waals surface area contributed by atoms with Gasteiger partial charge in [-0.05, 0) is 35.8 Å². The van der Waals surface area contributed by atoms with E-state index in [1.807, 2.05) is 12.1 Å². The number of rotatable bonds is 2. The highest BCUT2D eigenvalue weighted by Gasteiger charge is 2.26. The molecule has 1 aromatic carbocycles. The summed E-state index contributed by atoms with van der Waals surface area (Å²) in [6, 6.07) is 8.30. The summed E-state index contributed by atoms with van der Waals surface area (Å²) in [6.07, 6.45) is 1.80. The van der Waals surface area contributed by atoms with Crippen LogP contribution >= 0.6 is 0 Å². The van der Waals surface area contributed by atoms with Crippen molar-refractivity contribution in [2.24, 2.45) is 11.8 Å². The third-order valence-corrected chi connectivity index (χ3v) is 3.22. The molecule has 1 aliphatic rings. The molecule has 0 fully saturated rings. The van der Waals surface area contributed by atoms with Crippen molar-refractivity contribution < 1.29 is 10.2 Å². The maximum atomic E-state index is 9.21. The van der Waals surface area contributed by atoms with Crippen LogP contribution in [0, 0.1) is 11.8 Å². The Labute approximate surface area is 84.2 Å². The SMILES string of the molecule is OCC1Cc2ccccc2CC1CO. The van der Waals surface area contributed by atoms with Gasteiger partial charge in [-0.1, -0.05) is 24.3 Å². The summed E-state index contributed by atoms with van der Waals surface area (Å²) >= 11 is 0. The lowest BCUT2D eigenvalue weighted by atomic mass is 9.76. The summed E-state index contributed by atoms with van der Waals surface area (Å²) in [5.74, 6) is 0.463. The number of benzene rings is 1. The summed E-state index contributed by atoms with van der Waals surface area (Å²) in [5, 5.41) is 18.4. The molecule has 0 aliphatic heterocycles. The molecule has 0 spiro atoms. The lowest BCUT2D eigenvalue weighted by molar-refractivity contribution is 0.113. The zero-order valence-corrected chi connectivity index (χ0v) is 8.19. The molecule has 76 valence electrons. The fourth-order valence-electron chi connectivity index (χ4n) is 2.28. The first-order valence-electron chi connectivity index (χ1n) is 5.13. The first-order chi connectivity index (χ1) is 6.85. The van der Waals surface area contributed by atoms with Crippen LogP contribution in [0.1, 0.15) is 11.1 Å². The third-order valence-electron chi connectivity index (χ3n) is 3.22. The van der Waals surface area contributed by atoms with Gasteiger partial charge in [-0.3, -0.25) is 0 Å². The van der Waals surface area contributed by atoms with E-state index in [0.29, 0.717) is 0 Å². The van der Waals surface area contributed by atoms with Gasteiger partial charge < -0.3 is 10.2 Å². The van der Waals surface area contributed by atoms with E-state index in [4.69, 9.17) is 0 Å². The Bertz CT molecular complexity index is 278. The van der Waals surface area contributed by atoms with Crippen molar-refractivity contribution in [3.63, 3.8) is 0 Å². The van der Waals surface area contributed by atoms with Crippen LogP contribution in [-0.4, -0.2) is 23.4 Å². The Balaban J connectivity index is 2.25. The van der Waals surface area contributed by atoms with Gasteiger partial charge in [0.25, 0.3) is 0 Å². The molecule has 1 aliphatic carbocycles. The fraction of sp³-hybridized carbons (Fsp3) is 0.500. The molecule has 0 aromatic heterocycles. The molecular weight excluding hydrogens is 176 g/mol. The summed E-state index contributed by atoms with van der Waals surface area (Å²) in [6.45, 7) is 0.360. The van der Waals surface area contributed by atoms with Crippen molar-refractivity contribution in [1.82, 2.24) is 0 Å². The zero-order valence-electron chi connectivity index (χ0n) is 8.19. The molecule has 1 aromatic rings. The summed E-state index contributed by atoms with van der Waals surface area (Å²) in [5.41, 5.74) is 2.66. The van der Waals surface area contributed by atoms with E-state index in [0.717, 1.165) is 12.8 Å². The molecule has 14 heavy (non-hydrogen) atoms. The lowest BCUT2D eigenvalue weighted by Gasteiger charge is -2.30. The van der Waals surface area contributed by atoms with E-state index < -0.39 is 0 Å². The minimum atomic E-state index is 0.180. The van der Waals surface area contributed by atoms with Crippen LogP contribution in [-0.2, 0) is 12.8 Å². The van der Waals surface area contributed by atoms with Crippen LogP contribution in [0.4, 0.5) is 0 Å². The van der Waals surface area contributed by atoms with Crippen molar-refractivity contribution in [3.8, 4) is 0 Å². The standard InChI is InChI=1S/C12H16O2/c13-7-11-5-9-3-1-2-4-10(9)6-12(11)8-14/h1-4,11-14H,5-8H2. The molecule has 0 saturated heterocycles. The van der Waals surface area contributed by atoms with Gasteiger partial charge in [0.05, 0.1) is 0 Å². The molecule has 0 heterocycles. The quantitative estimate of drug-likeness (QED) is 0.734. The van der Waals surface area contributed by atoms with Gasteiger partial charge in [0.15, 0.2) is 0 Å². The fourth-order valence-corrected chi connectivity index (χ4v) is 2.28. The topological polar surface area (TPSA) is 40.5 Å². The average Bonchev–Trinajstić information content (AvgIpc) is 2.27. The molecule has 2 rings (SSSR count). The number of aliphatic hydroxyl groups excluding tert-OH is 2. The van der Waals surface area contributed by atoms with Crippen LogP contribution in [0.5, 0.6) is 0 Å². The van der Waals surface area contributed by atoms with Crippen molar-refractivity contribution in [1.29, 1.82) is 0 Å². The molecule has 0 amide bonds. The van der Waals surface area contributed by atoms with Gasteiger partial charge in [0.1, 0.15) is 0 Å². The Morgan fingerprint density at radius 3 is 1.71 bits per heavy atom. The lowest BCUT2D eigenvalue weighted by Crippen LogP contribution is -2.30. The average molecular weight is 192 g/mol. The minimum Gasteiger partial charge on any atom is -0.396 e. The smallest absolute Gasteiger partial charge is 0.0466 e. The van der Waals surface area contributed by atoms with Crippen LogP contribution in [0.3, 0.4) is 0 Å². The second kappa shape index (κ2) is 4.11. The highest BCUT2D eigenvalue weighted by atomic mass is 16.3. The molecule has 2 unspecified atom stereocenters. The van der Waals surface area contributed by atoms with Gasteiger partial charge in [0.2, 0.25) is 0 Å². The van der Waals surface area contributed by atoms with Crippen LogP contribution in [0.15, 0.2) is 24.3 Å². The normalized spacial score (nSPS) is 25.9. The summed E-state index contributed by atoms with van der Waals surface area (Å²) in [7, 11) is 0. The second-order valence-electron chi connectivity index (χ2n) is 4.06. The van der Waals surface area contributed by atoms with Crippen LogP contribution < -0.4 is 0 Å². The molecule has 2 N–H and O–H groups in total. The monoisotopic (exact) mass is 192 g/mol. The third kappa shape index (κ3) is 1.68. The van der Waals surface area contributed by atoms with Crippen LogP contribution in [0.25, 0.3) is 0 Å². The maximum Gasteiger partial charge on any atom is 0.0466 e. The number of aliphatic hydroxyl groups is 2. The first kappa shape index (κ1) is 9.69. The van der Waals surface area contributed by atoms with Crippen molar-refractivity contribution in [3.05, 3.63) is 35.4 Å². The Morgan fingerprint density at radius 2 is 1.36 bits per heavy atom. The zero-order chi connectivity index (χ0) is 9.97.